The summed E-state index contributed by atoms with van der Waals surface area (Å²) < 4.78 is 0. The largest absolute Gasteiger partial charge is 0.298 e. The highest BCUT2D eigenvalue weighted by atomic mass is 16.1. The second kappa shape index (κ2) is 6.56. The summed E-state index contributed by atoms with van der Waals surface area (Å²) in [5.74, 6) is 0. The summed E-state index contributed by atoms with van der Waals surface area (Å²) in [6.07, 6.45) is 9.53. The monoisotopic (exact) mass is 300 g/mol. The molecule has 1 aliphatic carbocycles. The van der Waals surface area contributed by atoms with Crippen LogP contribution in [0.1, 0.15) is 100 Å². The number of hydrogen-bond acceptors (Lipinski definition) is 1. The molecular weight excluding hydrogens is 268 g/mol. The highest BCUT2D eigenvalue weighted by molar-refractivity contribution is 5.78. The fourth-order valence-electron chi connectivity index (χ4n) is 3.74. The third kappa shape index (κ3) is 3.45. The van der Waals surface area contributed by atoms with E-state index in [-0.39, 0.29) is 10.8 Å². The quantitative estimate of drug-likeness (QED) is 0.467. The van der Waals surface area contributed by atoms with Crippen LogP contribution in [0.5, 0.6) is 0 Å². The number of unbranched alkanes of at least 4 members (excludes halogenated alkanes) is 3. The summed E-state index contributed by atoms with van der Waals surface area (Å²) >= 11 is 0. The van der Waals surface area contributed by atoms with Crippen molar-refractivity contribution in [3.8, 4) is 0 Å². The Hall–Kier alpha value is -1.11. The molecule has 0 amide bonds. The maximum Gasteiger partial charge on any atom is 0.150 e. The van der Waals surface area contributed by atoms with Gasteiger partial charge in [0.2, 0.25) is 0 Å². The van der Waals surface area contributed by atoms with E-state index in [0.717, 1.165) is 18.3 Å². The Morgan fingerprint density at radius 3 is 2.09 bits per heavy atom. The summed E-state index contributed by atoms with van der Waals surface area (Å²) in [7, 11) is 0. The van der Waals surface area contributed by atoms with Crippen molar-refractivity contribution < 1.29 is 4.79 Å². The van der Waals surface area contributed by atoms with Gasteiger partial charge in [-0.25, -0.2) is 0 Å². The van der Waals surface area contributed by atoms with Crippen LogP contribution in [0.4, 0.5) is 0 Å². The second-order valence-corrected chi connectivity index (χ2v) is 8.29. The molecule has 0 unspecified atom stereocenters. The molecule has 0 saturated heterocycles. The third-order valence-corrected chi connectivity index (χ3v) is 5.54. The van der Waals surface area contributed by atoms with E-state index >= 15 is 0 Å². The van der Waals surface area contributed by atoms with Gasteiger partial charge in [0.1, 0.15) is 6.29 Å². The van der Waals surface area contributed by atoms with Crippen molar-refractivity contribution in [1.29, 1.82) is 0 Å². The number of aryl methyl sites for hydroxylation is 1. The first-order chi connectivity index (χ1) is 10.3. The lowest BCUT2D eigenvalue weighted by atomic mass is 9.62. The van der Waals surface area contributed by atoms with Gasteiger partial charge in [0, 0.05) is 5.56 Å². The van der Waals surface area contributed by atoms with Crippen molar-refractivity contribution in [2.45, 2.75) is 90.4 Å². The van der Waals surface area contributed by atoms with Gasteiger partial charge in [0.05, 0.1) is 0 Å². The van der Waals surface area contributed by atoms with Gasteiger partial charge in [0.25, 0.3) is 0 Å². The van der Waals surface area contributed by atoms with Crippen LogP contribution in [-0.4, -0.2) is 6.29 Å². The van der Waals surface area contributed by atoms with Crippen molar-refractivity contribution in [2.24, 2.45) is 0 Å². The van der Waals surface area contributed by atoms with E-state index in [2.05, 4.69) is 46.8 Å². The zero-order valence-corrected chi connectivity index (χ0v) is 15.1. The minimum atomic E-state index is 0.184. The van der Waals surface area contributed by atoms with E-state index in [0.29, 0.717) is 0 Å². The standard InChI is InChI=1S/C21H32O/c1-6-7-8-9-10-16-13-18-19(14-17(16)15-22)21(4,5)12-11-20(18,2)3/h13-15H,6-12H2,1-5H3. The molecule has 1 aromatic rings. The minimum absolute atomic E-state index is 0.184. The molecule has 0 atom stereocenters. The van der Waals surface area contributed by atoms with Gasteiger partial charge in [-0.15, -0.1) is 0 Å². The Morgan fingerprint density at radius 1 is 0.955 bits per heavy atom. The van der Waals surface area contributed by atoms with Crippen molar-refractivity contribution in [2.75, 3.05) is 0 Å². The van der Waals surface area contributed by atoms with Crippen molar-refractivity contribution >= 4 is 6.29 Å². The zero-order valence-electron chi connectivity index (χ0n) is 15.1. The molecule has 1 heteroatoms. The third-order valence-electron chi connectivity index (χ3n) is 5.54. The van der Waals surface area contributed by atoms with E-state index in [1.807, 2.05) is 0 Å². The lowest BCUT2D eigenvalue weighted by molar-refractivity contribution is 0.112. The smallest absolute Gasteiger partial charge is 0.150 e. The van der Waals surface area contributed by atoms with E-state index in [1.54, 1.807) is 0 Å². The SMILES string of the molecule is CCCCCCc1cc2c(cc1C=O)C(C)(C)CCC2(C)C. The number of aldehydes is 1. The van der Waals surface area contributed by atoms with Crippen molar-refractivity contribution in [3.63, 3.8) is 0 Å². The van der Waals surface area contributed by atoms with Crippen LogP contribution in [-0.2, 0) is 17.3 Å². The van der Waals surface area contributed by atoms with Gasteiger partial charge in [-0.2, -0.15) is 0 Å². The van der Waals surface area contributed by atoms with E-state index in [4.69, 9.17) is 0 Å². The molecule has 0 fully saturated rings. The summed E-state index contributed by atoms with van der Waals surface area (Å²) in [5.41, 5.74) is 5.45. The molecule has 1 aliphatic rings. The molecule has 0 aromatic heterocycles. The molecule has 2 rings (SSSR count). The van der Waals surface area contributed by atoms with Gasteiger partial charge in [-0.3, -0.25) is 4.79 Å². The van der Waals surface area contributed by atoms with Gasteiger partial charge in [-0.05, 0) is 59.3 Å². The molecule has 22 heavy (non-hydrogen) atoms. The van der Waals surface area contributed by atoms with Crippen LogP contribution in [0.15, 0.2) is 12.1 Å². The number of carbonyl (C=O) groups excluding carboxylic acids is 1. The summed E-state index contributed by atoms with van der Waals surface area (Å²) in [5, 5.41) is 0. The maximum absolute atomic E-state index is 11.6. The molecule has 0 bridgehead atoms. The number of carbonyl (C=O) groups is 1. The van der Waals surface area contributed by atoms with Gasteiger partial charge < -0.3 is 0 Å². The topological polar surface area (TPSA) is 17.1 Å². The number of rotatable bonds is 6. The predicted octanol–water partition coefficient (Wildman–Crippen LogP) is 5.97. The highest BCUT2D eigenvalue weighted by Crippen LogP contribution is 2.46. The first-order valence-corrected chi connectivity index (χ1v) is 8.95. The first kappa shape index (κ1) is 17.2. The van der Waals surface area contributed by atoms with Crippen LogP contribution in [0, 0.1) is 0 Å². The summed E-state index contributed by atoms with van der Waals surface area (Å²) in [6, 6.07) is 4.55. The van der Waals surface area contributed by atoms with Crippen molar-refractivity contribution in [1.82, 2.24) is 0 Å². The Kier molecular flexibility index (Phi) is 5.14. The van der Waals surface area contributed by atoms with Crippen LogP contribution < -0.4 is 0 Å². The van der Waals surface area contributed by atoms with Gasteiger partial charge in [-0.1, -0.05) is 59.9 Å². The molecule has 0 aliphatic heterocycles. The lowest BCUT2D eigenvalue weighted by Crippen LogP contribution is -2.34. The Bertz CT molecular complexity index is 537. The summed E-state index contributed by atoms with van der Waals surface area (Å²) in [6.45, 7) is 11.6. The van der Waals surface area contributed by atoms with Crippen LogP contribution >= 0.6 is 0 Å². The highest BCUT2D eigenvalue weighted by Gasteiger charge is 2.37. The number of hydrogen-bond donors (Lipinski definition) is 0. The average Bonchev–Trinajstić information content (AvgIpc) is 2.48. The molecule has 1 aromatic carbocycles. The van der Waals surface area contributed by atoms with Crippen molar-refractivity contribution in [3.05, 3.63) is 34.4 Å². The number of fused-ring (bicyclic) bond motifs is 1. The van der Waals surface area contributed by atoms with Gasteiger partial charge >= 0.3 is 0 Å². The van der Waals surface area contributed by atoms with Crippen LogP contribution in [0.3, 0.4) is 0 Å². The molecule has 0 N–H and O–H groups in total. The minimum Gasteiger partial charge on any atom is -0.298 e. The molecule has 0 saturated carbocycles. The molecule has 0 radical (unpaired) electrons. The molecule has 1 nitrogen and oxygen atoms in total. The predicted molar refractivity (Wildman–Crippen MR) is 95.0 cm³/mol. The van der Waals surface area contributed by atoms with E-state index in [9.17, 15) is 4.79 Å². The van der Waals surface area contributed by atoms with Crippen LogP contribution in [0.25, 0.3) is 0 Å². The fourth-order valence-corrected chi connectivity index (χ4v) is 3.74. The second-order valence-electron chi connectivity index (χ2n) is 8.29. The fraction of sp³-hybridized carbons (Fsp3) is 0.667. The lowest BCUT2D eigenvalue weighted by Gasteiger charge is -2.42. The Labute approximate surface area is 136 Å². The van der Waals surface area contributed by atoms with E-state index in [1.165, 1.54) is 55.2 Å². The van der Waals surface area contributed by atoms with Crippen LogP contribution in [0.2, 0.25) is 0 Å². The Morgan fingerprint density at radius 2 is 1.55 bits per heavy atom. The number of benzene rings is 1. The molecule has 0 heterocycles. The maximum atomic E-state index is 11.6. The summed E-state index contributed by atoms with van der Waals surface area (Å²) in [4.78, 5) is 11.6. The Balaban J connectivity index is 2.38. The van der Waals surface area contributed by atoms with Gasteiger partial charge in [0.15, 0.2) is 0 Å². The molecule has 122 valence electrons. The zero-order chi connectivity index (χ0) is 16.4. The normalized spacial score (nSPS) is 18.8. The van der Waals surface area contributed by atoms with E-state index < -0.39 is 0 Å². The molecule has 0 spiro atoms. The molecular formula is C21H32O. The first-order valence-electron chi connectivity index (χ1n) is 8.95. The average molecular weight is 300 g/mol.